The molecule has 1 aliphatic rings. The molecule has 1 aromatic heterocycles. The maximum atomic E-state index is 12.1. The number of aromatic nitrogens is 2. The monoisotopic (exact) mass is 285 g/mol. The van der Waals surface area contributed by atoms with Crippen LogP contribution in [0.25, 0.3) is 0 Å². The van der Waals surface area contributed by atoms with E-state index < -0.39 is 5.60 Å². The predicted molar refractivity (Wildman–Crippen MR) is 72.7 cm³/mol. The summed E-state index contributed by atoms with van der Waals surface area (Å²) in [6, 6.07) is 0. The molecule has 6 heteroatoms. The molecule has 1 aromatic rings. The molecule has 0 saturated heterocycles. The minimum atomic E-state index is -0.801. The van der Waals surface area contributed by atoms with Crippen molar-refractivity contribution in [1.82, 2.24) is 14.5 Å². The van der Waals surface area contributed by atoms with Crippen LogP contribution in [0, 0.1) is 0 Å². The van der Waals surface area contributed by atoms with Crippen LogP contribution in [0.2, 0.25) is 5.15 Å². The van der Waals surface area contributed by atoms with E-state index in [-0.39, 0.29) is 12.3 Å². The van der Waals surface area contributed by atoms with E-state index in [0.717, 1.165) is 31.5 Å². The molecule has 1 saturated carbocycles. The number of hydrogen-bond acceptors (Lipinski definition) is 3. The molecule has 0 bridgehead atoms. The number of hydrogen-bond donors (Lipinski definition) is 1. The zero-order valence-corrected chi connectivity index (χ0v) is 12.2. The zero-order valence-electron chi connectivity index (χ0n) is 11.4. The molecule has 1 amide bonds. The first-order chi connectivity index (χ1) is 8.91. The second kappa shape index (κ2) is 5.51. The number of aliphatic hydroxyl groups is 1. The fourth-order valence-corrected chi connectivity index (χ4v) is 2.64. The highest BCUT2D eigenvalue weighted by atomic mass is 35.5. The number of carbonyl (C=O) groups excluding carboxylic acids is 1. The summed E-state index contributed by atoms with van der Waals surface area (Å²) in [4.78, 5) is 17.9. The van der Waals surface area contributed by atoms with E-state index in [4.69, 9.17) is 11.6 Å². The lowest BCUT2D eigenvalue weighted by atomic mass is 9.97. The molecule has 0 aliphatic heterocycles. The predicted octanol–water partition coefficient (Wildman–Crippen LogP) is 1.73. The minimum absolute atomic E-state index is 0.0523. The van der Waals surface area contributed by atoms with E-state index in [1.165, 1.54) is 0 Å². The third-order valence-corrected chi connectivity index (χ3v) is 4.20. The van der Waals surface area contributed by atoms with Crippen LogP contribution < -0.4 is 0 Å². The molecule has 0 radical (unpaired) electrons. The molecule has 1 aliphatic carbocycles. The Morgan fingerprint density at radius 2 is 2.21 bits per heavy atom. The summed E-state index contributed by atoms with van der Waals surface area (Å²) in [5, 5.41) is 10.8. The van der Waals surface area contributed by atoms with Crippen LogP contribution in [-0.4, -0.2) is 38.1 Å². The molecule has 0 spiro atoms. The van der Waals surface area contributed by atoms with Crippen LogP contribution in [0.5, 0.6) is 0 Å². The molecule has 19 heavy (non-hydrogen) atoms. The van der Waals surface area contributed by atoms with Crippen molar-refractivity contribution in [2.24, 2.45) is 7.05 Å². The van der Waals surface area contributed by atoms with Gasteiger partial charge in [0.15, 0.2) is 0 Å². The van der Waals surface area contributed by atoms with Crippen molar-refractivity contribution in [2.45, 2.75) is 44.2 Å². The number of halogens is 1. The van der Waals surface area contributed by atoms with Crippen molar-refractivity contribution in [3.63, 3.8) is 0 Å². The van der Waals surface area contributed by atoms with Gasteiger partial charge in [-0.15, -0.1) is 0 Å². The third kappa shape index (κ3) is 3.28. The van der Waals surface area contributed by atoms with Gasteiger partial charge in [0.05, 0.1) is 24.8 Å². The van der Waals surface area contributed by atoms with Gasteiger partial charge in [-0.05, 0) is 12.8 Å². The van der Waals surface area contributed by atoms with Gasteiger partial charge in [0.2, 0.25) is 5.91 Å². The van der Waals surface area contributed by atoms with Crippen LogP contribution in [0.3, 0.4) is 0 Å². The SMILES string of the molecule is CN(Cc1ncc(Cl)n1C)C(=O)CC1(O)CCCC1. The number of imidazole rings is 1. The van der Waals surface area contributed by atoms with Crippen molar-refractivity contribution >= 4 is 17.5 Å². The van der Waals surface area contributed by atoms with Crippen LogP contribution in [0.1, 0.15) is 37.9 Å². The van der Waals surface area contributed by atoms with Gasteiger partial charge in [-0.3, -0.25) is 4.79 Å². The molecular weight excluding hydrogens is 266 g/mol. The van der Waals surface area contributed by atoms with Gasteiger partial charge >= 0.3 is 0 Å². The summed E-state index contributed by atoms with van der Waals surface area (Å²) < 4.78 is 1.75. The molecule has 2 rings (SSSR count). The maximum absolute atomic E-state index is 12.1. The number of carbonyl (C=O) groups is 1. The number of amides is 1. The summed E-state index contributed by atoms with van der Waals surface area (Å²) in [5.41, 5.74) is -0.801. The molecule has 5 nitrogen and oxygen atoms in total. The van der Waals surface area contributed by atoms with E-state index in [2.05, 4.69) is 4.98 Å². The lowest BCUT2D eigenvalue weighted by Crippen LogP contribution is -2.36. The minimum Gasteiger partial charge on any atom is -0.389 e. The molecule has 1 N–H and O–H groups in total. The van der Waals surface area contributed by atoms with E-state index in [9.17, 15) is 9.90 Å². The first-order valence-electron chi connectivity index (χ1n) is 6.54. The van der Waals surface area contributed by atoms with Crippen molar-refractivity contribution in [1.29, 1.82) is 0 Å². The molecule has 0 atom stereocenters. The number of rotatable bonds is 4. The molecule has 106 valence electrons. The first-order valence-corrected chi connectivity index (χ1v) is 6.91. The lowest BCUT2D eigenvalue weighted by Gasteiger charge is -2.25. The van der Waals surface area contributed by atoms with Gasteiger partial charge in [0, 0.05) is 14.1 Å². The number of nitrogens with zero attached hydrogens (tertiary/aromatic N) is 3. The Bertz CT molecular complexity index is 466. The molecular formula is C13H20ClN3O2. The highest BCUT2D eigenvalue weighted by molar-refractivity contribution is 6.29. The summed E-state index contributed by atoms with van der Waals surface area (Å²) >= 11 is 5.91. The maximum Gasteiger partial charge on any atom is 0.225 e. The molecule has 1 heterocycles. The Hall–Kier alpha value is -1.07. The third-order valence-electron chi connectivity index (χ3n) is 3.85. The van der Waals surface area contributed by atoms with E-state index in [1.54, 1.807) is 22.7 Å². The molecule has 1 fully saturated rings. The second-order valence-electron chi connectivity index (χ2n) is 5.41. The van der Waals surface area contributed by atoms with Gasteiger partial charge in [-0.2, -0.15) is 0 Å². The fourth-order valence-electron chi connectivity index (χ4n) is 2.50. The van der Waals surface area contributed by atoms with Gasteiger partial charge < -0.3 is 14.6 Å². The van der Waals surface area contributed by atoms with Gasteiger partial charge in [0.25, 0.3) is 0 Å². The van der Waals surface area contributed by atoms with E-state index in [1.807, 2.05) is 7.05 Å². The Balaban J connectivity index is 1.94. The fraction of sp³-hybridized carbons (Fsp3) is 0.692. The highest BCUT2D eigenvalue weighted by Gasteiger charge is 2.34. The summed E-state index contributed by atoms with van der Waals surface area (Å²) in [5.74, 6) is 0.683. The van der Waals surface area contributed by atoms with Crippen molar-refractivity contribution in [3.8, 4) is 0 Å². The summed E-state index contributed by atoms with van der Waals surface area (Å²) in [6.07, 6.45) is 5.22. The zero-order chi connectivity index (χ0) is 14.0. The van der Waals surface area contributed by atoms with Crippen molar-refractivity contribution in [2.75, 3.05) is 7.05 Å². The Morgan fingerprint density at radius 3 is 2.74 bits per heavy atom. The molecule has 0 aromatic carbocycles. The average Bonchev–Trinajstić information content (AvgIpc) is 2.90. The van der Waals surface area contributed by atoms with Crippen LogP contribution in [0.15, 0.2) is 6.20 Å². The van der Waals surface area contributed by atoms with Crippen molar-refractivity contribution in [3.05, 3.63) is 17.2 Å². The quantitative estimate of drug-likeness (QED) is 0.916. The van der Waals surface area contributed by atoms with Crippen molar-refractivity contribution < 1.29 is 9.90 Å². The van der Waals surface area contributed by atoms with E-state index >= 15 is 0 Å². The van der Waals surface area contributed by atoms with Gasteiger partial charge in [0.1, 0.15) is 11.0 Å². The van der Waals surface area contributed by atoms with Gasteiger partial charge in [-0.25, -0.2) is 4.98 Å². The summed E-state index contributed by atoms with van der Waals surface area (Å²) in [7, 11) is 3.54. The Morgan fingerprint density at radius 1 is 1.58 bits per heavy atom. The average molecular weight is 286 g/mol. The van der Waals surface area contributed by atoms with Gasteiger partial charge in [-0.1, -0.05) is 24.4 Å². The topological polar surface area (TPSA) is 58.4 Å². The highest BCUT2D eigenvalue weighted by Crippen LogP contribution is 2.32. The van der Waals surface area contributed by atoms with E-state index in [0.29, 0.717) is 11.7 Å². The normalized spacial score (nSPS) is 17.7. The van der Waals surface area contributed by atoms with Crippen LogP contribution >= 0.6 is 11.6 Å². The molecule has 0 unspecified atom stereocenters. The second-order valence-corrected chi connectivity index (χ2v) is 5.80. The Labute approximate surface area is 118 Å². The largest absolute Gasteiger partial charge is 0.389 e. The lowest BCUT2D eigenvalue weighted by molar-refractivity contribution is -0.135. The van der Waals surface area contributed by atoms with Crippen LogP contribution in [-0.2, 0) is 18.4 Å². The smallest absolute Gasteiger partial charge is 0.225 e. The Kier molecular flexibility index (Phi) is 4.16. The standard InChI is InChI=1S/C13H20ClN3O2/c1-16(9-11-15-8-10(14)17(11)2)12(18)7-13(19)5-3-4-6-13/h8,19H,3-7,9H2,1-2H3. The summed E-state index contributed by atoms with van der Waals surface area (Å²) in [6.45, 7) is 0.401. The first kappa shape index (κ1) is 14.3. The van der Waals surface area contributed by atoms with Crippen LogP contribution in [0.4, 0.5) is 0 Å².